The van der Waals surface area contributed by atoms with Gasteiger partial charge in [-0.25, -0.2) is 0 Å². The zero-order valence-electron chi connectivity index (χ0n) is 35.5. The molecule has 1 aromatic heterocycles. The van der Waals surface area contributed by atoms with Crippen LogP contribution in [0.25, 0.3) is 82.4 Å². The molecule has 0 atom stereocenters. The summed E-state index contributed by atoms with van der Waals surface area (Å²) in [6.07, 6.45) is 0. The first-order valence-corrected chi connectivity index (χ1v) is 22.6. The van der Waals surface area contributed by atoms with Gasteiger partial charge in [-0.3, -0.25) is 0 Å². The molecule has 2 aliphatic carbocycles. The molecule has 0 radical (unpaired) electrons. The average Bonchev–Trinajstić information content (AvgIpc) is 3.99. The predicted octanol–water partition coefficient (Wildman–Crippen LogP) is 16.6. The molecule has 0 bridgehead atoms. The van der Waals surface area contributed by atoms with Crippen molar-refractivity contribution in [2.24, 2.45) is 0 Å². The lowest BCUT2D eigenvalue weighted by atomic mass is 9.70. The monoisotopic (exact) mass is 824 g/mol. The van der Waals surface area contributed by atoms with E-state index in [1.165, 1.54) is 99.0 Å². The van der Waals surface area contributed by atoms with Gasteiger partial charge in [-0.05, 0) is 126 Å². The molecule has 2 aliphatic rings. The molecule has 0 amide bonds. The third-order valence-electron chi connectivity index (χ3n) is 14.4. The van der Waals surface area contributed by atoms with Crippen LogP contribution in [0.15, 0.2) is 243 Å². The molecule has 1 heterocycles. The van der Waals surface area contributed by atoms with Gasteiger partial charge in [-0.2, -0.15) is 0 Å². The molecule has 302 valence electrons. The van der Waals surface area contributed by atoms with E-state index >= 15 is 0 Å². The largest absolute Gasteiger partial charge is 0.310 e. The fraction of sp³-hybridized carbons (Fsp3) is 0.0159. The Morgan fingerprint density at radius 2 is 0.877 bits per heavy atom. The summed E-state index contributed by atoms with van der Waals surface area (Å²) < 4.78 is 2.40. The Kier molecular flexibility index (Phi) is 7.64. The van der Waals surface area contributed by atoms with Gasteiger partial charge in [0.1, 0.15) is 0 Å². The van der Waals surface area contributed by atoms with Crippen molar-refractivity contribution >= 4 is 60.4 Å². The maximum atomic E-state index is 2.51. The molecule has 0 saturated carbocycles. The summed E-state index contributed by atoms with van der Waals surface area (Å²) in [5, 5.41) is 7.48. The molecule has 0 aliphatic heterocycles. The van der Waals surface area contributed by atoms with E-state index in [-0.39, 0.29) is 0 Å². The van der Waals surface area contributed by atoms with Gasteiger partial charge in [0.05, 0.1) is 22.1 Å². The number of benzene rings is 11. The van der Waals surface area contributed by atoms with E-state index < -0.39 is 5.41 Å². The number of hydrogen-bond acceptors (Lipinski definition) is 1. The number of hydrogen-bond donors (Lipinski definition) is 0. The normalized spacial score (nSPS) is 13.0. The lowest BCUT2D eigenvalue weighted by molar-refractivity contribution is 0.794. The molecule has 0 fully saturated rings. The maximum absolute atomic E-state index is 2.51. The lowest BCUT2D eigenvalue weighted by Crippen LogP contribution is -2.26. The molecule has 12 aromatic rings. The van der Waals surface area contributed by atoms with E-state index in [0.717, 1.165) is 22.7 Å². The first kappa shape index (κ1) is 36.1. The van der Waals surface area contributed by atoms with Crippen molar-refractivity contribution in [3.63, 3.8) is 0 Å². The van der Waals surface area contributed by atoms with E-state index in [0.29, 0.717) is 0 Å². The van der Waals surface area contributed by atoms with Crippen LogP contribution in [0, 0.1) is 0 Å². The van der Waals surface area contributed by atoms with Crippen molar-refractivity contribution in [2.75, 3.05) is 4.90 Å². The second-order valence-electron chi connectivity index (χ2n) is 17.5. The van der Waals surface area contributed by atoms with Crippen LogP contribution >= 0.6 is 0 Å². The van der Waals surface area contributed by atoms with Gasteiger partial charge in [0, 0.05) is 33.4 Å². The van der Waals surface area contributed by atoms with E-state index in [1.807, 2.05) is 0 Å². The van der Waals surface area contributed by atoms with Gasteiger partial charge in [-0.15, -0.1) is 0 Å². The van der Waals surface area contributed by atoms with Crippen LogP contribution in [0.4, 0.5) is 17.1 Å². The van der Waals surface area contributed by atoms with Gasteiger partial charge in [0.25, 0.3) is 0 Å². The van der Waals surface area contributed by atoms with Crippen LogP contribution in [0.1, 0.15) is 22.3 Å². The molecule has 0 N–H and O–H groups in total. The van der Waals surface area contributed by atoms with Crippen molar-refractivity contribution < 1.29 is 0 Å². The van der Waals surface area contributed by atoms with Gasteiger partial charge in [-0.1, -0.05) is 188 Å². The van der Waals surface area contributed by atoms with E-state index in [9.17, 15) is 0 Å². The summed E-state index contributed by atoms with van der Waals surface area (Å²) in [5.41, 5.74) is 19.4. The number of para-hydroxylation sites is 2. The summed E-state index contributed by atoms with van der Waals surface area (Å²) in [4.78, 5) is 2.51. The molecular formula is C63H40N2. The van der Waals surface area contributed by atoms with Crippen molar-refractivity contribution in [1.82, 2.24) is 4.57 Å². The quantitative estimate of drug-likeness (QED) is 0.157. The SMILES string of the molecule is c1ccc(-n2c3ccccc3c3c(-c4ccc(N(c5ccc6ccc7ccccc7c6c5)c5cccc6c5-c5ccccc5C65c6ccccc6-c6ccccc65)cc4)cccc32)cc1. The number of anilines is 3. The highest BCUT2D eigenvalue weighted by Crippen LogP contribution is 2.64. The molecule has 1 spiro atoms. The number of nitrogens with zero attached hydrogens (tertiary/aromatic N) is 2. The Hall–Kier alpha value is -8.46. The smallest absolute Gasteiger partial charge is 0.0726 e. The minimum Gasteiger partial charge on any atom is -0.310 e. The van der Waals surface area contributed by atoms with Crippen molar-refractivity contribution in [3.8, 4) is 39.1 Å². The van der Waals surface area contributed by atoms with Crippen LogP contribution in [0.3, 0.4) is 0 Å². The Morgan fingerprint density at radius 3 is 1.65 bits per heavy atom. The number of rotatable bonds is 5. The van der Waals surface area contributed by atoms with Crippen molar-refractivity contribution in [3.05, 3.63) is 265 Å². The number of fused-ring (bicyclic) bond motifs is 16. The molecule has 2 heteroatoms. The zero-order valence-corrected chi connectivity index (χ0v) is 35.5. The second kappa shape index (κ2) is 13.8. The molecule has 2 nitrogen and oxygen atoms in total. The third-order valence-corrected chi connectivity index (χ3v) is 14.4. The van der Waals surface area contributed by atoms with Crippen molar-refractivity contribution in [1.29, 1.82) is 0 Å². The average molecular weight is 825 g/mol. The Bertz CT molecular complexity index is 3850. The summed E-state index contributed by atoms with van der Waals surface area (Å²) in [6, 6.07) is 90.1. The topological polar surface area (TPSA) is 8.17 Å². The van der Waals surface area contributed by atoms with Crippen LogP contribution in [0.2, 0.25) is 0 Å². The van der Waals surface area contributed by atoms with E-state index in [2.05, 4.69) is 252 Å². The van der Waals surface area contributed by atoms with E-state index in [4.69, 9.17) is 0 Å². The second-order valence-corrected chi connectivity index (χ2v) is 17.5. The summed E-state index contributed by atoms with van der Waals surface area (Å²) >= 11 is 0. The molecule has 65 heavy (non-hydrogen) atoms. The lowest BCUT2D eigenvalue weighted by Gasteiger charge is -2.32. The minimum absolute atomic E-state index is 0.443. The van der Waals surface area contributed by atoms with Gasteiger partial charge < -0.3 is 9.47 Å². The summed E-state index contributed by atoms with van der Waals surface area (Å²) in [7, 11) is 0. The highest BCUT2D eigenvalue weighted by Gasteiger charge is 2.52. The summed E-state index contributed by atoms with van der Waals surface area (Å²) in [5.74, 6) is 0. The highest BCUT2D eigenvalue weighted by molar-refractivity contribution is 6.16. The fourth-order valence-electron chi connectivity index (χ4n) is 11.8. The predicted molar refractivity (Wildman–Crippen MR) is 272 cm³/mol. The molecule has 11 aromatic carbocycles. The maximum Gasteiger partial charge on any atom is 0.0726 e. The first-order valence-electron chi connectivity index (χ1n) is 22.6. The van der Waals surface area contributed by atoms with Gasteiger partial charge in [0.15, 0.2) is 0 Å². The standard InChI is InChI=1S/C63H40N2/c1-2-17-44(18-3-1)65-58-29-13-9-23-52(58)61-48(24-14-30-59(61)65)42-34-37-45(38-35-42)64(46-39-36-43-33-32-41-16-4-5-19-47(41)53(43)40-46)60-31-15-28-57-62(60)51-22-8-12-27-56(51)63(57)54-25-10-6-20-49(54)50-21-7-11-26-55(50)63/h1-40H. The molecule has 0 saturated heterocycles. The Morgan fingerprint density at radius 1 is 0.338 bits per heavy atom. The third kappa shape index (κ3) is 4.99. The van der Waals surface area contributed by atoms with Crippen LogP contribution in [-0.4, -0.2) is 4.57 Å². The minimum atomic E-state index is -0.443. The summed E-state index contributed by atoms with van der Waals surface area (Å²) in [6.45, 7) is 0. The van der Waals surface area contributed by atoms with E-state index in [1.54, 1.807) is 0 Å². The Balaban J connectivity index is 1.01. The molecule has 14 rings (SSSR count). The number of aromatic nitrogens is 1. The van der Waals surface area contributed by atoms with Crippen molar-refractivity contribution in [2.45, 2.75) is 5.41 Å². The highest BCUT2D eigenvalue weighted by atomic mass is 15.1. The fourth-order valence-corrected chi connectivity index (χ4v) is 11.8. The Labute approximate surface area is 377 Å². The first-order chi connectivity index (χ1) is 32.3. The van der Waals surface area contributed by atoms with Crippen LogP contribution < -0.4 is 4.90 Å². The van der Waals surface area contributed by atoms with Crippen LogP contribution in [0.5, 0.6) is 0 Å². The van der Waals surface area contributed by atoms with Crippen LogP contribution in [-0.2, 0) is 5.41 Å². The zero-order chi connectivity index (χ0) is 42.6. The van der Waals surface area contributed by atoms with Gasteiger partial charge in [0.2, 0.25) is 0 Å². The van der Waals surface area contributed by atoms with Gasteiger partial charge >= 0.3 is 0 Å². The molecule has 0 unspecified atom stereocenters. The molecular weight excluding hydrogens is 785 g/mol.